The lowest BCUT2D eigenvalue weighted by Crippen LogP contribution is -2.30. The highest BCUT2D eigenvalue weighted by molar-refractivity contribution is 9.10. The molecule has 1 atom stereocenters. The Bertz CT molecular complexity index is 738. The first-order valence-corrected chi connectivity index (χ1v) is 10.5. The number of imidazole rings is 1. The number of aromatic nitrogens is 2. The zero-order chi connectivity index (χ0) is 18.5. The van der Waals surface area contributed by atoms with E-state index in [0.717, 1.165) is 59.5 Å². The van der Waals surface area contributed by atoms with Crippen molar-refractivity contribution in [2.24, 2.45) is 0 Å². The second kappa shape index (κ2) is 8.85. The minimum absolute atomic E-state index is 0.0940. The molecule has 1 aromatic heterocycles. The Hall–Kier alpha value is -1.62. The van der Waals surface area contributed by atoms with Gasteiger partial charge in [0.05, 0.1) is 11.7 Å². The Morgan fingerprint density at radius 1 is 1.27 bits per heavy atom. The van der Waals surface area contributed by atoms with Crippen LogP contribution in [0.1, 0.15) is 69.4 Å². The largest absolute Gasteiger partial charge is 0.344 e. The van der Waals surface area contributed by atoms with Crippen molar-refractivity contribution in [1.29, 1.82) is 0 Å². The zero-order valence-corrected chi connectivity index (χ0v) is 17.3. The molecule has 140 valence electrons. The summed E-state index contributed by atoms with van der Waals surface area (Å²) in [5.41, 5.74) is 3.14. The van der Waals surface area contributed by atoms with Crippen LogP contribution in [0.2, 0.25) is 0 Å². The first kappa shape index (κ1) is 19.2. The lowest BCUT2D eigenvalue weighted by atomic mass is 10.1. The molecule has 0 bridgehead atoms. The van der Waals surface area contributed by atoms with Crippen LogP contribution in [0, 0.1) is 6.92 Å². The number of amides is 1. The number of carbonyl (C=O) groups is 1. The third-order valence-corrected chi connectivity index (χ3v) is 5.68. The van der Waals surface area contributed by atoms with E-state index in [-0.39, 0.29) is 11.9 Å². The summed E-state index contributed by atoms with van der Waals surface area (Å²) in [4.78, 5) is 23.0. The summed E-state index contributed by atoms with van der Waals surface area (Å²) < 4.78 is 1.06. The highest BCUT2D eigenvalue weighted by Crippen LogP contribution is 2.33. The maximum absolute atomic E-state index is 12.7. The van der Waals surface area contributed by atoms with Gasteiger partial charge in [-0.05, 0) is 38.3 Å². The molecule has 1 unspecified atom stereocenters. The standard InChI is InChI=1S/C21H28BrN3O/c1-3-4-5-6-9-19(26)25-14-7-8-18(25)21-23-15(2)20(24-21)16-10-12-17(22)13-11-16/h10-13,18H,3-9,14H2,1-2H3,(H,23,24). The molecule has 1 N–H and O–H groups in total. The summed E-state index contributed by atoms with van der Waals surface area (Å²) in [5, 5.41) is 0. The average molecular weight is 418 g/mol. The van der Waals surface area contributed by atoms with Crippen molar-refractivity contribution < 1.29 is 4.79 Å². The highest BCUT2D eigenvalue weighted by Gasteiger charge is 2.32. The molecule has 4 nitrogen and oxygen atoms in total. The van der Waals surface area contributed by atoms with E-state index >= 15 is 0 Å². The molecule has 2 aromatic rings. The molecule has 1 fully saturated rings. The quantitative estimate of drug-likeness (QED) is 0.580. The summed E-state index contributed by atoms with van der Waals surface area (Å²) in [6.07, 6.45) is 7.27. The topological polar surface area (TPSA) is 49.0 Å². The van der Waals surface area contributed by atoms with Gasteiger partial charge >= 0.3 is 0 Å². The number of hydrogen-bond donors (Lipinski definition) is 1. The molecule has 0 radical (unpaired) electrons. The van der Waals surface area contributed by atoms with E-state index in [0.29, 0.717) is 6.42 Å². The summed E-state index contributed by atoms with van der Waals surface area (Å²) in [6, 6.07) is 8.30. The fraction of sp³-hybridized carbons (Fsp3) is 0.524. The number of benzene rings is 1. The summed E-state index contributed by atoms with van der Waals surface area (Å²) in [6.45, 7) is 5.10. The number of halogens is 1. The summed E-state index contributed by atoms with van der Waals surface area (Å²) in [7, 11) is 0. The van der Waals surface area contributed by atoms with Crippen LogP contribution in [0.4, 0.5) is 0 Å². The normalized spacial score (nSPS) is 17.0. The lowest BCUT2D eigenvalue weighted by Gasteiger charge is -2.23. The zero-order valence-electron chi connectivity index (χ0n) is 15.7. The molecule has 0 saturated carbocycles. The highest BCUT2D eigenvalue weighted by atomic mass is 79.9. The Kier molecular flexibility index (Phi) is 6.52. The van der Waals surface area contributed by atoms with Crippen LogP contribution in [0.15, 0.2) is 28.7 Å². The SMILES string of the molecule is CCCCCCC(=O)N1CCCC1c1nc(-c2ccc(Br)cc2)c(C)[nH]1. The Morgan fingerprint density at radius 3 is 2.77 bits per heavy atom. The maximum atomic E-state index is 12.7. The minimum Gasteiger partial charge on any atom is -0.344 e. The van der Waals surface area contributed by atoms with Gasteiger partial charge in [0.25, 0.3) is 0 Å². The molecule has 1 amide bonds. The van der Waals surface area contributed by atoms with Crippen LogP contribution in [0.3, 0.4) is 0 Å². The van der Waals surface area contributed by atoms with Crippen LogP contribution in [0.25, 0.3) is 11.3 Å². The van der Waals surface area contributed by atoms with Gasteiger partial charge < -0.3 is 9.88 Å². The van der Waals surface area contributed by atoms with Gasteiger partial charge in [-0.25, -0.2) is 4.98 Å². The molecule has 26 heavy (non-hydrogen) atoms. The predicted octanol–water partition coefficient (Wildman–Crippen LogP) is 5.78. The van der Waals surface area contributed by atoms with Gasteiger partial charge in [0.15, 0.2) is 0 Å². The van der Waals surface area contributed by atoms with Gasteiger partial charge in [-0.3, -0.25) is 4.79 Å². The van der Waals surface area contributed by atoms with Gasteiger partial charge in [-0.2, -0.15) is 0 Å². The molecule has 1 aliphatic rings. The molecule has 1 saturated heterocycles. The maximum Gasteiger partial charge on any atom is 0.223 e. The molecular weight excluding hydrogens is 390 g/mol. The van der Waals surface area contributed by atoms with Gasteiger partial charge in [-0.15, -0.1) is 0 Å². The van der Waals surface area contributed by atoms with Crippen molar-refractivity contribution in [3.8, 4) is 11.3 Å². The van der Waals surface area contributed by atoms with E-state index in [2.05, 4.69) is 46.9 Å². The number of likely N-dealkylation sites (tertiary alicyclic amines) is 1. The van der Waals surface area contributed by atoms with Crippen LogP contribution in [0.5, 0.6) is 0 Å². The number of rotatable bonds is 7. The first-order valence-electron chi connectivity index (χ1n) is 9.72. The van der Waals surface area contributed by atoms with E-state index in [4.69, 9.17) is 4.98 Å². The van der Waals surface area contributed by atoms with Crippen molar-refractivity contribution >= 4 is 21.8 Å². The van der Waals surface area contributed by atoms with E-state index in [1.54, 1.807) is 0 Å². The van der Waals surface area contributed by atoms with Crippen LogP contribution in [-0.2, 0) is 4.79 Å². The van der Waals surface area contributed by atoms with Crippen LogP contribution >= 0.6 is 15.9 Å². The minimum atomic E-state index is 0.0940. The van der Waals surface area contributed by atoms with Crippen molar-refractivity contribution in [3.05, 3.63) is 40.3 Å². The van der Waals surface area contributed by atoms with E-state index in [1.807, 2.05) is 17.0 Å². The predicted molar refractivity (Wildman–Crippen MR) is 109 cm³/mol. The van der Waals surface area contributed by atoms with Crippen LogP contribution < -0.4 is 0 Å². The molecule has 3 rings (SSSR count). The smallest absolute Gasteiger partial charge is 0.223 e. The average Bonchev–Trinajstić information content (AvgIpc) is 3.26. The molecule has 0 aliphatic carbocycles. The third kappa shape index (κ3) is 4.37. The fourth-order valence-electron chi connectivity index (χ4n) is 3.73. The van der Waals surface area contributed by atoms with Gasteiger partial charge in [-0.1, -0.05) is 54.2 Å². The van der Waals surface area contributed by atoms with Crippen molar-refractivity contribution in [3.63, 3.8) is 0 Å². The Labute approximate surface area is 164 Å². The fourth-order valence-corrected chi connectivity index (χ4v) is 3.99. The Balaban J connectivity index is 1.72. The van der Waals surface area contributed by atoms with Crippen LogP contribution in [-0.4, -0.2) is 27.3 Å². The second-order valence-corrected chi connectivity index (χ2v) is 8.07. The third-order valence-electron chi connectivity index (χ3n) is 5.15. The van der Waals surface area contributed by atoms with E-state index < -0.39 is 0 Å². The second-order valence-electron chi connectivity index (χ2n) is 7.16. The number of aryl methyl sites for hydroxylation is 1. The number of hydrogen-bond acceptors (Lipinski definition) is 2. The molecular formula is C21H28BrN3O. The monoisotopic (exact) mass is 417 g/mol. The lowest BCUT2D eigenvalue weighted by molar-refractivity contribution is -0.132. The van der Waals surface area contributed by atoms with E-state index in [9.17, 15) is 4.79 Å². The number of nitrogens with one attached hydrogen (secondary N) is 1. The van der Waals surface area contributed by atoms with Gasteiger partial charge in [0.1, 0.15) is 5.82 Å². The molecule has 0 spiro atoms. The molecule has 5 heteroatoms. The van der Waals surface area contributed by atoms with E-state index in [1.165, 1.54) is 12.8 Å². The molecule has 2 heterocycles. The van der Waals surface area contributed by atoms with Gasteiger partial charge in [0, 0.05) is 28.7 Å². The van der Waals surface area contributed by atoms with Gasteiger partial charge in [0.2, 0.25) is 5.91 Å². The number of unbranched alkanes of at least 4 members (excludes halogenated alkanes) is 3. The number of aromatic amines is 1. The van der Waals surface area contributed by atoms with Crippen molar-refractivity contribution in [2.75, 3.05) is 6.54 Å². The number of nitrogens with zero attached hydrogens (tertiary/aromatic N) is 2. The first-order chi connectivity index (χ1) is 12.6. The number of carbonyl (C=O) groups excluding carboxylic acids is 1. The number of H-pyrrole nitrogens is 1. The van der Waals surface area contributed by atoms with Crippen molar-refractivity contribution in [1.82, 2.24) is 14.9 Å². The summed E-state index contributed by atoms with van der Waals surface area (Å²) >= 11 is 3.48. The Morgan fingerprint density at radius 2 is 2.04 bits per heavy atom. The molecule has 1 aliphatic heterocycles. The van der Waals surface area contributed by atoms with Crippen molar-refractivity contribution in [2.45, 2.75) is 64.8 Å². The molecule has 1 aromatic carbocycles. The summed E-state index contributed by atoms with van der Waals surface area (Å²) in [5.74, 6) is 1.21.